The first-order valence-electron chi connectivity index (χ1n) is 6.37. The fourth-order valence-corrected chi connectivity index (χ4v) is 2.98. The average Bonchev–Trinajstić information content (AvgIpc) is 2.37. The molecular formula is C15H14F3NO2S. The van der Waals surface area contributed by atoms with E-state index in [0.717, 1.165) is 12.3 Å². The van der Waals surface area contributed by atoms with Gasteiger partial charge in [-0.1, -0.05) is 12.1 Å². The van der Waals surface area contributed by atoms with Crippen molar-refractivity contribution in [2.45, 2.75) is 18.9 Å². The van der Waals surface area contributed by atoms with Crippen LogP contribution in [-0.2, 0) is 21.8 Å². The lowest BCUT2D eigenvalue weighted by Gasteiger charge is -2.15. The second-order valence-corrected chi connectivity index (χ2v) is 7.28. The Labute approximate surface area is 126 Å². The van der Waals surface area contributed by atoms with Gasteiger partial charge in [0.15, 0.2) is 9.84 Å². The summed E-state index contributed by atoms with van der Waals surface area (Å²) in [6.45, 7) is 1.70. The van der Waals surface area contributed by atoms with Gasteiger partial charge in [-0.25, -0.2) is 8.42 Å². The minimum Gasteiger partial charge on any atom is -0.264 e. The van der Waals surface area contributed by atoms with Crippen LogP contribution in [0.2, 0.25) is 0 Å². The molecule has 0 N–H and O–H groups in total. The number of hydrogen-bond donors (Lipinski definition) is 0. The molecule has 0 amide bonds. The van der Waals surface area contributed by atoms with Crippen LogP contribution in [0.25, 0.3) is 11.1 Å². The summed E-state index contributed by atoms with van der Waals surface area (Å²) in [6.07, 6.45) is -0.717. The Balaban J connectivity index is 2.63. The zero-order valence-corrected chi connectivity index (χ0v) is 12.8. The van der Waals surface area contributed by atoms with Crippen molar-refractivity contribution in [2.24, 2.45) is 0 Å². The lowest BCUT2D eigenvalue weighted by Crippen LogP contribution is -2.10. The van der Waals surface area contributed by atoms with E-state index in [2.05, 4.69) is 4.98 Å². The Morgan fingerprint density at radius 3 is 2.36 bits per heavy atom. The van der Waals surface area contributed by atoms with Crippen molar-refractivity contribution in [1.82, 2.24) is 4.98 Å². The maximum Gasteiger partial charge on any atom is 0.417 e. The highest BCUT2D eigenvalue weighted by Crippen LogP contribution is 2.38. The van der Waals surface area contributed by atoms with E-state index >= 15 is 0 Å². The molecule has 1 heterocycles. The zero-order chi connectivity index (χ0) is 16.5. The number of hydrogen-bond acceptors (Lipinski definition) is 3. The van der Waals surface area contributed by atoms with Gasteiger partial charge in [-0.15, -0.1) is 0 Å². The van der Waals surface area contributed by atoms with Crippen molar-refractivity contribution >= 4 is 9.84 Å². The molecule has 0 bridgehead atoms. The van der Waals surface area contributed by atoms with Crippen LogP contribution in [0, 0.1) is 6.92 Å². The summed E-state index contributed by atoms with van der Waals surface area (Å²) in [6, 6.07) is 5.22. The minimum atomic E-state index is -4.58. The maximum absolute atomic E-state index is 13.3. The van der Waals surface area contributed by atoms with Gasteiger partial charge in [0, 0.05) is 24.2 Å². The smallest absolute Gasteiger partial charge is 0.264 e. The van der Waals surface area contributed by atoms with Crippen molar-refractivity contribution < 1.29 is 21.6 Å². The van der Waals surface area contributed by atoms with Gasteiger partial charge in [-0.2, -0.15) is 13.2 Å². The van der Waals surface area contributed by atoms with Crippen LogP contribution in [0.5, 0.6) is 0 Å². The number of aryl methyl sites for hydroxylation is 1. The van der Waals surface area contributed by atoms with E-state index in [0.29, 0.717) is 11.1 Å². The fraction of sp³-hybridized carbons (Fsp3) is 0.267. The average molecular weight is 329 g/mol. The first kappa shape index (κ1) is 16.5. The third kappa shape index (κ3) is 3.85. The third-order valence-electron chi connectivity index (χ3n) is 3.15. The summed E-state index contributed by atoms with van der Waals surface area (Å²) in [5.41, 5.74) is 0.289. The number of benzene rings is 1. The molecule has 0 aliphatic heterocycles. The molecule has 0 unspecified atom stereocenters. The Kier molecular flexibility index (Phi) is 4.28. The SMILES string of the molecule is Cc1ccncc1-c1ccc(CS(C)(=O)=O)cc1C(F)(F)F. The summed E-state index contributed by atoms with van der Waals surface area (Å²) in [4.78, 5) is 3.86. The monoisotopic (exact) mass is 329 g/mol. The van der Waals surface area contributed by atoms with Crippen LogP contribution in [-0.4, -0.2) is 19.7 Å². The van der Waals surface area contributed by atoms with Gasteiger partial charge in [-0.3, -0.25) is 4.98 Å². The summed E-state index contributed by atoms with van der Waals surface area (Å²) >= 11 is 0. The second-order valence-electron chi connectivity index (χ2n) is 5.14. The highest BCUT2D eigenvalue weighted by Gasteiger charge is 2.34. The van der Waals surface area contributed by atoms with Gasteiger partial charge >= 0.3 is 6.18 Å². The quantitative estimate of drug-likeness (QED) is 0.864. The van der Waals surface area contributed by atoms with E-state index in [1.54, 1.807) is 13.0 Å². The van der Waals surface area contributed by atoms with E-state index in [-0.39, 0.29) is 11.1 Å². The Morgan fingerprint density at radius 1 is 1.14 bits per heavy atom. The van der Waals surface area contributed by atoms with Crippen molar-refractivity contribution in [1.29, 1.82) is 0 Å². The minimum absolute atomic E-state index is 0.00430. The predicted octanol–water partition coefficient (Wildman–Crippen LogP) is 3.62. The molecule has 0 fully saturated rings. The molecule has 0 aliphatic rings. The van der Waals surface area contributed by atoms with Crippen molar-refractivity contribution in [3.8, 4) is 11.1 Å². The molecular weight excluding hydrogens is 315 g/mol. The Morgan fingerprint density at radius 2 is 1.82 bits per heavy atom. The molecule has 118 valence electrons. The summed E-state index contributed by atoms with van der Waals surface area (Å²) in [7, 11) is -3.40. The Hall–Kier alpha value is -1.89. The number of sulfone groups is 1. The van der Waals surface area contributed by atoms with Crippen molar-refractivity contribution in [3.05, 3.63) is 53.3 Å². The van der Waals surface area contributed by atoms with E-state index in [4.69, 9.17) is 0 Å². The van der Waals surface area contributed by atoms with Gasteiger partial charge in [-0.05, 0) is 35.7 Å². The van der Waals surface area contributed by atoms with Crippen molar-refractivity contribution in [3.63, 3.8) is 0 Å². The van der Waals surface area contributed by atoms with Crippen molar-refractivity contribution in [2.75, 3.05) is 6.26 Å². The molecule has 7 heteroatoms. The van der Waals surface area contributed by atoms with E-state index in [1.165, 1.54) is 24.5 Å². The lowest BCUT2D eigenvalue weighted by atomic mass is 9.96. The maximum atomic E-state index is 13.3. The molecule has 0 aliphatic carbocycles. The summed E-state index contributed by atoms with van der Waals surface area (Å²) in [5.74, 6) is -0.428. The largest absolute Gasteiger partial charge is 0.417 e. The van der Waals surface area contributed by atoms with Crippen LogP contribution in [0.4, 0.5) is 13.2 Å². The lowest BCUT2D eigenvalue weighted by molar-refractivity contribution is -0.137. The molecule has 2 rings (SSSR count). The molecule has 0 atom stereocenters. The summed E-state index contributed by atoms with van der Waals surface area (Å²) in [5, 5.41) is 0. The van der Waals surface area contributed by atoms with Crippen LogP contribution >= 0.6 is 0 Å². The van der Waals surface area contributed by atoms with Gasteiger partial charge in [0.1, 0.15) is 0 Å². The molecule has 1 aromatic carbocycles. The van der Waals surface area contributed by atoms with Gasteiger partial charge < -0.3 is 0 Å². The number of pyridine rings is 1. The molecule has 0 spiro atoms. The molecule has 1 aromatic heterocycles. The second kappa shape index (κ2) is 5.72. The van der Waals surface area contributed by atoms with E-state index in [9.17, 15) is 21.6 Å². The molecule has 0 saturated carbocycles. The topological polar surface area (TPSA) is 47.0 Å². The fourth-order valence-electron chi connectivity index (χ4n) is 2.20. The summed E-state index contributed by atoms with van der Waals surface area (Å²) < 4.78 is 62.5. The molecule has 3 nitrogen and oxygen atoms in total. The highest BCUT2D eigenvalue weighted by molar-refractivity contribution is 7.89. The number of nitrogens with zero attached hydrogens (tertiary/aromatic N) is 1. The molecule has 0 saturated heterocycles. The standard InChI is InChI=1S/C15H14F3NO2S/c1-10-5-6-19-8-13(10)12-4-3-11(9-22(2,20)21)7-14(12)15(16,17)18/h3-8H,9H2,1-2H3. The first-order chi connectivity index (χ1) is 10.1. The van der Waals surface area contributed by atoms with Gasteiger partial charge in [0.25, 0.3) is 0 Å². The molecule has 22 heavy (non-hydrogen) atoms. The van der Waals surface area contributed by atoms with E-state index < -0.39 is 27.3 Å². The van der Waals surface area contributed by atoms with Crippen LogP contribution in [0.15, 0.2) is 36.7 Å². The third-order valence-corrected chi connectivity index (χ3v) is 4.01. The highest BCUT2D eigenvalue weighted by atomic mass is 32.2. The number of halogens is 3. The van der Waals surface area contributed by atoms with Crippen LogP contribution in [0.3, 0.4) is 0 Å². The van der Waals surface area contributed by atoms with Crippen LogP contribution < -0.4 is 0 Å². The molecule has 0 radical (unpaired) electrons. The first-order valence-corrected chi connectivity index (χ1v) is 8.43. The predicted molar refractivity (Wildman–Crippen MR) is 78.0 cm³/mol. The zero-order valence-electron chi connectivity index (χ0n) is 12.0. The Bertz CT molecular complexity index is 799. The number of alkyl halides is 3. The van der Waals surface area contributed by atoms with Gasteiger partial charge in [0.2, 0.25) is 0 Å². The van der Waals surface area contributed by atoms with Crippen LogP contribution in [0.1, 0.15) is 16.7 Å². The number of rotatable bonds is 3. The van der Waals surface area contributed by atoms with E-state index in [1.807, 2.05) is 0 Å². The van der Waals surface area contributed by atoms with Gasteiger partial charge in [0.05, 0.1) is 11.3 Å². The number of aromatic nitrogens is 1. The normalized spacial score (nSPS) is 12.4. The molecule has 2 aromatic rings.